The molecular weight excluding hydrogens is 380 g/mol. The summed E-state index contributed by atoms with van der Waals surface area (Å²) in [4.78, 5) is 22.1. The molecule has 2 aliphatic heterocycles. The molecule has 3 aromatic rings. The summed E-state index contributed by atoms with van der Waals surface area (Å²) in [6, 6.07) is 9.48. The van der Waals surface area contributed by atoms with Crippen molar-refractivity contribution in [3.05, 3.63) is 65.1 Å². The van der Waals surface area contributed by atoms with Crippen LogP contribution in [0.3, 0.4) is 0 Å². The zero-order chi connectivity index (χ0) is 20.9. The van der Waals surface area contributed by atoms with E-state index in [2.05, 4.69) is 27.1 Å². The molecule has 8 heteroatoms. The van der Waals surface area contributed by atoms with Crippen molar-refractivity contribution in [3.8, 4) is 0 Å². The summed E-state index contributed by atoms with van der Waals surface area (Å²) in [5.41, 5.74) is 2.79. The molecule has 8 nitrogen and oxygen atoms in total. The van der Waals surface area contributed by atoms with Gasteiger partial charge in [-0.3, -0.25) is 14.4 Å². The third-order valence-corrected chi connectivity index (χ3v) is 6.67. The fraction of sp³-hybridized carbons (Fsp3) is 0.455. The van der Waals surface area contributed by atoms with Gasteiger partial charge in [0, 0.05) is 62.5 Å². The Balaban J connectivity index is 1.42. The fourth-order valence-corrected chi connectivity index (χ4v) is 4.95. The first kappa shape index (κ1) is 19.0. The van der Waals surface area contributed by atoms with E-state index in [0.29, 0.717) is 24.8 Å². The number of aryl methyl sites for hydroxylation is 2. The number of carbonyl (C=O) groups is 1. The molecule has 2 aliphatic rings. The van der Waals surface area contributed by atoms with Gasteiger partial charge in [-0.15, -0.1) is 0 Å². The molecule has 0 N–H and O–H groups in total. The van der Waals surface area contributed by atoms with Gasteiger partial charge in [0.05, 0.1) is 11.6 Å². The van der Waals surface area contributed by atoms with Crippen LogP contribution in [0.2, 0.25) is 0 Å². The topological polar surface area (TPSA) is 80.3 Å². The van der Waals surface area contributed by atoms with Gasteiger partial charge >= 0.3 is 0 Å². The standard InChI is InChI=1S/C22H26N6O2/c1-15-18(9-23-26(15)3)10-27-11-19-12-28(20(29)17-7-5-4-6-8-17)14-22(19,13-27)21-24-16(2)25-30-21/h4-9,19H,10-14H2,1-3H3. The molecule has 0 bridgehead atoms. The Morgan fingerprint density at radius 1 is 1.20 bits per heavy atom. The van der Waals surface area contributed by atoms with Gasteiger partial charge in [0.15, 0.2) is 5.82 Å². The highest BCUT2D eigenvalue weighted by Crippen LogP contribution is 2.45. The molecule has 2 aromatic heterocycles. The van der Waals surface area contributed by atoms with Crippen molar-refractivity contribution in [1.29, 1.82) is 0 Å². The lowest BCUT2D eigenvalue weighted by atomic mass is 9.81. The van der Waals surface area contributed by atoms with Crippen LogP contribution in [0.5, 0.6) is 0 Å². The van der Waals surface area contributed by atoms with Crippen LogP contribution >= 0.6 is 0 Å². The number of aromatic nitrogens is 4. The van der Waals surface area contributed by atoms with Crippen molar-refractivity contribution in [2.45, 2.75) is 25.8 Å². The van der Waals surface area contributed by atoms with Gasteiger partial charge in [0.2, 0.25) is 5.89 Å². The maximum Gasteiger partial charge on any atom is 0.253 e. The van der Waals surface area contributed by atoms with E-state index >= 15 is 0 Å². The molecule has 2 atom stereocenters. The average molecular weight is 406 g/mol. The smallest absolute Gasteiger partial charge is 0.253 e. The van der Waals surface area contributed by atoms with Crippen LogP contribution in [0.15, 0.2) is 41.1 Å². The quantitative estimate of drug-likeness (QED) is 0.659. The zero-order valence-electron chi connectivity index (χ0n) is 17.6. The maximum absolute atomic E-state index is 13.1. The first-order chi connectivity index (χ1) is 14.5. The lowest BCUT2D eigenvalue weighted by Crippen LogP contribution is -2.40. The molecule has 30 heavy (non-hydrogen) atoms. The van der Waals surface area contributed by atoms with Gasteiger partial charge in [-0.1, -0.05) is 23.4 Å². The molecular formula is C22H26N6O2. The van der Waals surface area contributed by atoms with Gasteiger partial charge in [-0.25, -0.2) is 0 Å². The molecule has 156 valence electrons. The van der Waals surface area contributed by atoms with Gasteiger partial charge in [-0.05, 0) is 26.0 Å². The van der Waals surface area contributed by atoms with E-state index in [1.165, 1.54) is 11.3 Å². The van der Waals surface area contributed by atoms with Crippen LogP contribution in [-0.4, -0.2) is 61.8 Å². The van der Waals surface area contributed by atoms with Crippen LogP contribution in [-0.2, 0) is 19.0 Å². The van der Waals surface area contributed by atoms with Gasteiger partial charge in [0.25, 0.3) is 5.91 Å². The molecule has 1 aromatic carbocycles. The zero-order valence-corrected chi connectivity index (χ0v) is 17.6. The summed E-state index contributed by atoms with van der Waals surface area (Å²) in [6.45, 7) is 7.72. The van der Waals surface area contributed by atoms with E-state index in [1.54, 1.807) is 0 Å². The number of fused-ring (bicyclic) bond motifs is 1. The van der Waals surface area contributed by atoms with E-state index in [1.807, 2.05) is 60.1 Å². The van der Waals surface area contributed by atoms with Crippen LogP contribution in [0, 0.1) is 19.8 Å². The summed E-state index contributed by atoms with van der Waals surface area (Å²) in [7, 11) is 1.97. The highest BCUT2D eigenvalue weighted by molar-refractivity contribution is 5.94. The van der Waals surface area contributed by atoms with Crippen molar-refractivity contribution < 1.29 is 9.32 Å². The largest absolute Gasteiger partial charge is 0.339 e. The maximum atomic E-state index is 13.1. The Labute approximate surface area is 175 Å². The number of nitrogens with zero attached hydrogens (tertiary/aromatic N) is 6. The normalized spacial score (nSPS) is 23.8. The Morgan fingerprint density at radius 2 is 2.00 bits per heavy atom. The van der Waals surface area contributed by atoms with Gasteiger partial charge in [-0.2, -0.15) is 10.1 Å². The Bertz CT molecular complexity index is 1070. The number of hydrogen-bond acceptors (Lipinski definition) is 6. The molecule has 5 rings (SSSR count). The summed E-state index contributed by atoms with van der Waals surface area (Å²) in [5.74, 6) is 1.60. The molecule has 0 saturated carbocycles. The summed E-state index contributed by atoms with van der Waals surface area (Å²) >= 11 is 0. The lowest BCUT2D eigenvalue weighted by molar-refractivity contribution is 0.0766. The second kappa shape index (κ2) is 7.05. The van der Waals surface area contributed by atoms with Gasteiger partial charge < -0.3 is 9.42 Å². The lowest BCUT2D eigenvalue weighted by Gasteiger charge is -2.26. The molecule has 0 radical (unpaired) electrons. The van der Waals surface area contributed by atoms with Crippen molar-refractivity contribution >= 4 is 5.91 Å². The molecule has 4 heterocycles. The Morgan fingerprint density at radius 3 is 2.67 bits per heavy atom. The molecule has 1 amide bonds. The minimum atomic E-state index is -0.332. The van der Waals surface area contributed by atoms with E-state index in [0.717, 1.165) is 25.2 Å². The predicted octanol–water partition coefficient (Wildman–Crippen LogP) is 1.95. The summed E-state index contributed by atoms with van der Waals surface area (Å²) < 4.78 is 7.58. The van der Waals surface area contributed by atoms with Crippen LogP contribution in [0.1, 0.15) is 33.3 Å². The minimum Gasteiger partial charge on any atom is -0.339 e. The van der Waals surface area contributed by atoms with Crippen LogP contribution in [0.4, 0.5) is 0 Å². The van der Waals surface area contributed by atoms with Crippen molar-refractivity contribution in [1.82, 2.24) is 29.7 Å². The molecule has 2 unspecified atom stereocenters. The second-order valence-corrected chi connectivity index (χ2v) is 8.60. The van der Waals surface area contributed by atoms with E-state index in [9.17, 15) is 4.79 Å². The monoisotopic (exact) mass is 406 g/mol. The summed E-state index contributed by atoms with van der Waals surface area (Å²) in [6.07, 6.45) is 1.94. The van der Waals surface area contributed by atoms with E-state index < -0.39 is 0 Å². The van der Waals surface area contributed by atoms with Crippen molar-refractivity contribution in [2.75, 3.05) is 26.2 Å². The van der Waals surface area contributed by atoms with Crippen molar-refractivity contribution in [2.24, 2.45) is 13.0 Å². The third-order valence-electron chi connectivity index (χ3n) is 6.67. The fourth-order valence-electron chi connectivity index (χ4n) is 4.95. The highest BCUT2D eigenvalue weighted by Gasteiger charge is 2.57. The molecule has 2 fully saturated rings. The second-order valence-electron chi connectivity index (χ2n) is 8.60. The Hall–Kier alpha value is -3.00. The number of benzene rings is 1. The first-order valence-electron chi connectivity index (χ1n) is 10.3. The first-order valence-corrected chi connectivity index (χ1v) is 10.3. The number of likely N-dealkylation sites (tertiary alicyclic amines) is 2. The van der Waals surface area contributed by atoms with Crippen LogP contribution < -0.4 is 0 Å². The highest BCUT2D eigenvalue weighted by atomic mass is 16.5. The van der Waals surface area contributed by atoms with E-state index in [4.69, 9.17) is 4.52 Å². The number of hydrogen-bond donors (Lipinski definition) is 0. The minimum absolute atomic E-state index is 0.0651. The molecule has 2 saturated heterocycles. The molecule has 0 spiro atoms. The van der Waals surface area contributed by atoms with Crippen molar-refractivity contribution in [3.63, 3.8) is 0 Å². The summed E-state index contributed by atoms with van der Waals surface area (Å²) in [5, 5.41) is 8.42. The number of carbonyl (C=O) groups excluding carboxylic acids is 1. The predicted molar refractivity (Wildman–Crippen MR) is 110 cm³/mol. The van der Waals surface area contributed by atoms with E-state index in [-0.39, 0.29) is 17.2 Å². The average Bonchev–Trinajstić information content (AvgIpc) is 3.48. The molecule has 0 aliphatic carbocycles. The third kappa shape index (κ3) is 3.02. The number of rotatable bonds is 4. The SMILES string of the molecule is Cc1noc(C23CN(Cc4cnn(C)c4C)CC2CN(C(=O)c2ccccc2)C3)n1. The van der Waals surface area contributed by atoms with Crippen LogP contribution in [0.25, 0.3) is 0 Å². The Kier molecular flexibility index (Phi) is 4.47. The van der Waals surface area contributed by atoms with Gasteiger partial charge in [0.1, 0.15) is 0 Å². The number of amides is 1.